The van der Waals surface area contributed by atoms with Crippen LogP contribution in [0.1, 0.15) is 5.56 Å². The van der Waals surface area contributed by atoms with Crippen LogP contribution in [-0.2, 0) is 23.1 Å². The number of aromatic nitrogens is 6. The van der Waals surface area contributed by atoms with Gasteiger partial charge in [0.15, 0.2) is 0 Å². The summed E-state index contributed by atoms with van der Waals surface area (Å²) in [5, 5.41) is 7.64. The van der Waals surface area contributed by atoms with Crippen LogP contribution >= 0.6 is 0 Å². The van der Waals surface area contributed by atoms with Gasteiger partial charge in [0.25, 0.3) is 0 Å². The lowest BCUT2D eigenvalue weighted by molar-refractivity contribution is -0.143. The quantitative estimate of drug-likeness (QED) is 0.267. The zero-order valence-corrected chi connectivity index (χ0v) is 24.0. The number of anilines is 1. The van der Waals surface area contributed by atoms with Gasteiger partial charge in [0.05, 0.1) is 56.1 Å². The highest BCUT2D eigenvalue weighted by Gasteiger charge is 2.32. The number of amides is 1. The lowest BCUT2D eigenvalue weighted by Gasteiger charge is -2.42. The summed E-state index contributed by atoms with van der Waals surface area (Å²) in [6, 6.07) is 14.5. The van der Waals surface area contributed by atoms with E-state index in [4.69, 9.17) is 9.47 Å². The normalized spacial score (nSPS) is 16.0. The van der Waals surface area contributed by atoms with Crippen LogP contribution in [0.5, 0.6) is 5.75 Å². The van der Waals surface area contributed by atoms with Crippen LogP contribution in [0, 0.1) is 0 Å². The zero-order valence-electron chi connectivity index (χ0n) is 24.0. The summed E-state index contributed by atoms with van der Waals surface area (Å²) >= 11 is 0. The van der Waals surface area contributed by atoms with Crippen molar-refractivity contribution in [3.8, 4) is 28.3 Å². The molecule has 0 radical (unpaired) electrons. The Kier molecular flexibility index (Phi) is 7.44. The zero-order chi connectivity index (χ0) is 29.2. The first-order valence-corrected chi connectivity index (χ1v) is 14.4. The number of nitrogens with zero attached hydrogens (tertiary/aromatic N) is 8. The van der Waals surface area contributed by atoms with Gasteiger partial charge in [-0.2, -0.15) is 5.10 Å². The number of carbonyl (C=O) groups excluding carboxylic acids is 1. The number of imidazole rings is 1. The molecule has 2 aliphatic rings. The van der Waals surface area contributed by atoms with Crippen LogP contribution in [0.25, 0.3) is 28.2 Å². The van der Waals surface area contributed by atoms with E-state index in [0.29, 0.717) is 38.0 Å². The van der Waals surface area contributed by atoms with Gasteiger partial charge in [-0.3, -0.25) is 18.8 Å². The molecule has 1 amide bonds. The predicted octanol–water partition coefficient (Wildman–Crippen LogP) is 2.73. The molecule has 220 valence electrons. The summed E-state index contributed by atoms with van der Waals surface area (Å²) in [7, 11) is 1.92. The number of carbonyl (C=O) groups is 1. The molecular weight excluding hydrogens is 546 g/mol. The van der Waals surface area contributed by atoms with Crippen LogP contribution in [0.4, 0.5) is 5.82 Å². The van der Waals surface area contributed by atoms with E-state index in [1.807, 2.05) is 53.1 Å². The molecule has 2 fully saturated rings. The van der Waals surface area contributed by atoms with Crippen LogP contribution in [0.3, 0.4) is 0 Å². The molecule has 0 bridgehead atoms. The highest BCUT2D eigenvalue weighted by molar-refractivity contribution is 5.79. The number of piperazine rings is 1. The maximum absolute atomic E-state index is 12.6. The molecule has 0 unspecified atom stereocenters. The fraction of sp³-hybridized carbons (Fsp3) is 0.323. The number of aryl methyl sites for hydroxylation is 1. The predicted molar refractivity (Wildman–Crippen MR) is 160 cm³/mol. The van der Waals surface area contributed by atoms with Crippen LogP contribution in [0.2, 0.25) is 0 Å². The number of rotatable bonds is 10. The molecule has 0 aliphatic carbocycles. The van der Waals surface area contributed by atoms with Crippen molar-refractivity contribution in [1.82, 2.24) is 38.9 Å². The minimum atomic E-state index is 0.146. The Morgan fingerprint density at radius 2 is 1.91 bits per heavy atom. The van der Waals surface area contributed by atoms with Gasteiger partial charge in [-0.25, -0.2) is 15.0 Å². The maximum atomic E-state index is 12.6. The summed E-state index contributed by atoms with van der Waals surface area (Å²) in [6.07, 6.45) is 9.15. The third kappa shape index (κ3) is 5.92. The average Bonchev–Trinajstić information content (AvgIpc) is 3.63. The Hall–Kier alpha value is -4.81. The van der Waals surface area contributed by atoms with Crippen LogP contribution in [0.15, 0.2) is 73.6 Å². The number of pyridine rings is 1. The highest BCUT2D eigenvalue weighted by Crippen LogP contribution is 2.24. The first-order chi connectivity index (χ1) is 21.1. The number of benzene rings is 1. The molecule has 1 aromatic carbocycles. The van der Waals surface area contributed by atoms with Crippen molar-refractivity contribution in [1.29, 1.82) is 0 Å². The fourth-order valence-electron chi connectivity index (χ4n) is 5.40. The fourth-order valence-corrected chi connectivity index (χ4v) is 5.40. The first-order valence-electron chi connectivity index (χ1n) is 14.4. The molecule has 0 spiro atoms. The molecule has 5 aromatic rings. The number of hydrogen-bond acceptors (Lipinski definition) is 9. The van der Waals surface area contributed by atoms with E-state index in [0.717, 1.165) is 65.8 Å². The van der Waals surface area contributed by atoms with Gasteiger partial charge in [-0.1, -0.05) is 24.3 Å². The Morgan fingerprint density at radius 1 is 1.02 bits per heavy atom. The molecular formula is C31H33N9O3. The molecule has 2 aliphatic heterocycles. The van der Waals surface area contributed by atoms with Crippen molar-refractivity contribution in [2.24, 2.45) is 7.05 Å². The maximum Gasteiger partial charge on any atom is 0.236 e. The van der Waals surface area contributed by atoms with E-state index in [1.165, 1.54) is 0 Å². The van der Waals surface area contributed by atoms with Crippen molar-refractivity contribution >= 4 is 17.4 Å². The minimum absolute atomic E-state index is 0.146. The summed E-state index contributed by atoms with van der Waals surface area (Å²) < 4.78 is 15.0. The summed E-state index contributed by atoms with van der Waals surface area (Å²) in [5.74, 6) is 1.59. The van der Waals surface area contributed by atoms with Crippen molar-refractivity contribution in [3.63, 3.8) is 0 Å². The molecule has 2 saturated heterocycles. The second-order valence-electron chi connectivity index (χ2n) is 10.9. The lowest BCUT2D eigenvalue weighted by atomic mass is 10.1. The molecule has 12 heteroatoms. The standard InChI is InChI=1S/C31H33N9O3/c1-37-17-24(15-36-37)23-4-2-22(3-5-23)14-32-29-13-27(34-21-35-29)28-16-33-30-12-26(6-7-40(28)30)43-11-10-38-8-9-39(18-31(38)41)25-19-42-20-25/h2-7,12-13,15-17,21,25H,8-11,14,18-20H2,1H3,(H,32,34,35). The third-order valence-electron chi connectivity index (χ3n) is 7.99. The van der Waals surface area contributed by atoms with Gasteiger partial charge in [0.1, 0.15) is 30.1 Å². The smallest absolute Gasteiger partial charge is 0.236 e. The number of hydrogen-bond donors (Lipinski definition) is 1. The summed E-state index contributed by atoms with van der Waals surface area (Å²) in [6.45, 7) is 5.13. The summed E-state index contributed by atoms with van der Waals surface area (Å²) in [5.41, 5.74) is 5.73. The van der Waals surface area contributed by atoms with Gasteiger partial charge >= 0.3 is 0 Å². The van der Waals surface area contributed by atoms with Crippen LogP contribution < -0.4 is 10.1 Å². The van der Waals surface area contributed by atoms with Gasteiger partial charge in [-0.15, -0.1) is 0 Å². The molecule has 7 rings (SSSR count). The van der Waals surface area contributed by atoms with E-state index >= 15 is 0 Å². The van der Waals surface area contributed by atoms with E-state index in [2.05, 4.69) is 54.5 Å². The molecule has 6 heterocycles. The van der Waals surface area contributed by atoms with Gasteiger partial charge in [0.2, 0.25) is 5.91 Å². The first kappa shape index (κ1) is 27.0. The minimum Gasteiger partial charge on any atom is -0.492 e. The Labute approximate surface area is 248 Å². The van der Waals surface area contributed by atoms with E-state index in [-0.39, 0.29) is 5.91 Å². The molecule has 0 atom stereocenters. The highest BCUT2D eigenvalue weighted by atomic mass is 16.5. The van der Waals surface area contributed by atoms with Crippen molar-refractivity contribution in [2.45, 2.75) is 12.6 Å². The van der Waals surface area contributed by atoms with E-state index in [9.17, 15) is 4.79 Å². The molecule has 1 N–H and O–H groups in total. The average molecular weight is 580 g/mol. The molecule has 4 aromatic heterocycles. The van der Waals surface area contributed by atoms with Gasteiger partial charge in [0, 0.05) is 56.8 Å². The number of fused-ring (bicyclic) bond motifs is 1. The number of ether oxygens (including phenoxy) is 2. The van der Waals surface area contributed by atoms with Crippen molar-refractivity contribution < 1.29 is 14.3 Å². The van der Waals surface area contributed by atoms with Crippen molar-refractivity contribution in [3.05, 3.63) is 79.1 Å². The largest absolute Gasteiger partial charge is 0.492 e. The second-order valence-corrected chi connectivity index (χ2v) is 10.9. The van der Waals surface area contributed by atoms with Gasteiger partial charge in [-0.05, 0) is 17.2 Å². The lowest BCUT2D eigenvalue weighted by Crippen LogP contribution is -2.59. The molecule has 12 nitrogen and oxygen atoms in total. The van der Waals surface area contributed by atoms with Crippen molar-refractivity contribution in [2.75, 3.05) is 51.3 Å². The Balaban J connectivity index is 0.946. The topological polar surface area (TPSA) is 115 Å². The molecule has 43 heavy (non-hydrogen) atoms. The second kappa shape index (κ2) is 11.8. The van der Waals surface area contributed by atoms with Crippen LogP contribution in [-0.4, -0.2) is 96.9 Å². The monoisotopic (exact) mass is 579 g/mol. The SMILES string of the molecule is Cn1cc(-c2ccc(CNc3cc(-c4cnc5cc(OCCN6CCN(C7COC7)CC6=O)ccn45)ncn3)cc2)cn1. The van der Waals surface area contributed by atoms with Gasteiger partial charge < -0.3 is 19.7 Å². The van der Waals surface area contributed by atoms with E-state index in [1.54, 1.807) is 17.2 Å². The Morgan fingerprint density at radius 3 is 2.67 bits per heavy atom. The summed E-state index contributed by atoms with van der Waals surface area (Å²) in [4.78, 5) is 30.1. The van der Waals surface area contributed by atoms with E-state index < -0.39 is 0 Å². The molecule has 0 saturated carbocycles. The Bertz CT molecular complexity index is 1730. The number of nitrogens with one attached hydrogen (secondary N) is 1. The third-order valence-corrected chi connectivity index (χ3v) is 7.99.